The fourth-order valence-electron chi connectivity index (χ4n) is 2.82. The fourth-order valence-corrected chi connectivity index (χ4v) is 5.24. The van der Waals surface area contributed by atoms with Gasteiger partial charge in [0.15, 0.2) is 9.50 Å². The minimum atomic E-state index is -0.137. The maximum Gasteiger partial charge on any atom is 0.236 e. The number of hydrogen-bond donors (Lipinski definition) is 1. The topological polar surface area (TPSA) is 98.1 Å². The molecule has 1 amide bonds. The molecule has 29 heavy (non-hydrogen) atoms. The first-order valence-corrected chi connectivity index (χ1v) is 11.7. The molecule has 9 nitrogen and oxygen atoms in total. The van der Waals surface area contributed by atoms with Crippen molar-refractivity contribution >= 4 is 57.5 Å². The first-order valence-electron chi connectivity index (χ1n) is 8.91. The molecule has 2 aromatic heterocycles. The van der Waals surface area contributed by atoms with Crippen LogP contribution in [0.1, 0.15) is 6.92 Å². The van der Waals surface area contributed by atoms with E-state index in [1.165, 1.54) is 23.1 Å². The molecule has 1 N–H and O–H groups in total. The molecule has 0 unspecified atom stereocenters. The van der Waals surface area contributed by atoms with Gasteiger partial charge in [0, 0.05) is 18.8 Å². The second kappa shape index (κ2) is 9.01. The molecule has 0 atom stereocenters. The third-order valence-electron chi connectivity index (χ3n) is 4.12. The molecule has 0 saturated carbocycles. The summed E-state index contributed by atoms with van der Waals surface area (Å²) in [5, 5.41) is 20.6. The molecule has 0 spiro atoms. The molecule has 3 aromatic rings. The predicted octanol–water partition coefficient (Wildman–Crippen LogP) is 3.13. The van der Waals surface area contributed by atoms with Gasteiger partial charge in [-0.1, -0.05) is 41.8 Å². The normalized spacial score (nSPS) is 12.8. The number of anilines is 3. The van der Waals surface area contributed by atoms with E-state index in [4.69, 9.17) is 4.74 Å². The lowest BCUT2D eigenvalue weighted by Crippen LogP contribution is -2.14. The Hall–Kier alpha value is -2.31. The number of amides is 1. The van der Waals surface area contributed by atoms with Gasteiger partial charge in [0.05, 0.1) is 12.9 Å². The number of rotatable bonds is 8. The van der Waals surface area contributed by atoms with Crippen molar-refractivity contribution in [2.75, 3.05) is 35.4 Å². The van der Waals surface area contributed by atoms with Crippen molar-refractivity contribution in [2.24, 2.45) is 0 Å². The number of methoxy groups -OCH3 is 1. The second-order valence-electron chi connectivity index (χ2n) is 5.93. The highest BCUT2D eigenvalue weighted by Crippen LogP contribution is 2.33. The quantitative estimate of drug-likeness (QED) is 0.411. The third-order valence-corrected chi connectivity index (χ3v) is 6.94. The number of benzene rings is 1. The van der Waals surface area contributed by atoms with Crippen LogP contribution < -0.4 is 15.0 Å². The Labute approximate surface area is 180 Å². The molecule has 0 radical (unpaired) electrons. The van der Waals surface area contributed by atoms with Crippen LogP contribution >= 0.6 is 34.9 Å². The van der Waals surface area contributed by atoms with Crippen molar-refractivity contribution in [3.8, 4) is 5.75 Å². The van der Waals surface area contributed by atoms with E-state index in [1.807, 2.05) is 35.8 Å². The summed E-state index contributed by atoms with van der Waals surface area (Å²) in [4.78, 5) is 14.3. The summed E-state index contributed by atoms with van der Waals surface area (Å²) in [6.45, 7) is 3.62. The molecule has 1 aliphatic rings. The minimum absolute atomic E-state index is 0.137. The van der Waals surface area contributed by atoms with Crippen LogP contribution in [0, 0.1) is 0 Å². The summed E-state index contributed by atoms with van der Waals surface area (Å²) in [7, 11) is 1.65. The fraction of sp³-hybridized carbons (Fsp3) is 0.353. The lowest BCUT2D eigenvalue weighted by Gasteiger charge is -2.15. The van der Waals surface area contributed by atoms with Gasteiger partial charge in [0.1, 0.15) is 5.75 Å². The van der Waals surface area contributed by atoms with Crippen LogP contribution in [0.4, 0.5) is 16.8 Å². The molecule has 152 valence electrons. The van der Waals surface area contributed by atoms with E-state index in [0.29, 0.717) is 5.13 Å². The Morgan fingerprint density at radius 1 is 1.17 bits per heavy atom. The summed E-state index contributed by atoms with van der Waals surface area (Å²) in [6.07, 6.45) is 0. The summed E-state index contributed by atoms with van der Waals surface area (Å²) in [6, 6.07) is 7.84. The first-order chi connectivity index (χ1) is 14.2. The van der Waals surface area contributed by atoms with Gasteiger partial charge < -0.3 is 9.64 Å². The molecular formula is C17H19N7O2S3. The number of aromatic nitrogens is 5. The zero-order valence-electron chi connectivity index (χ0n) is 15.9. The van der Waals surface area contributed by atoms with Crippen LogP contribution in [-0.2, 0) is 11.3 Å². The van der Waals surface area contributed by atoms with Gasteiger partial charge in [-0.2, -0.15) is 0 Å². The number of nitrogens with one attached hydrogen (secondary N) is 1. The van der Waals surface area contributed by atoms with Gasteiger partial charge in [-0.3, -0.25) is 14.7 Å². The molecule has 12 heteroatoms. The lowest BCUT2D eigenvalue weighted by atomic mass is 10.3. The van der Waals surface area contributed by atoms with Crippen LogP contribution in [0.3, 0.4) is 0 Å². The number of carbonyl (C=O) groups is 1. The average molecular weight is 450 g/mol. The number of nitrogens with zero attached hydrogens (tertiary/aromatic N) is 6. The van der Waals surface area contributed by atoms with Gasteiger partial charge in [0.2, 0.25) is 17.0 Å². The molecule has 3 heterocycles. The second-order valence-corrected chi connectivity index (χ2v) is 9.36. The molecule has 1 aromatic carbocycles. The molecule has 0 aliphatic carbocycles. The third kappa shape index (κ3) is 4.49. The lowest BCUT2D eigenvalue weighted by molar-refractivity contribution is -0.113. The van der Waals surface area contributed by atoms with Gasteiger partial charge in [-0.05, 0) is 30.0 Å². The van der Waals surface area contributed by atoms with Crippen molar-refractivity contribution in [2.45, 2.75) is 23.0 Å². The van der Waals surface area contributed by atoms with Crippen LogP contribution in [0.15, 0.2) is 33.8 Å². The van der Waals surface area contributed by atoms with Crippen LogP contribution in [0.25, 0.3) is 0 Å². The van der Waals surface area contributed by atoms with Crippen molar-refractivity contribution in [3.63, 3.8) is 0 Å². The highest BCUT2D eigenvalue weighted by Gasteiger charge is 2.26. The largest absolute Gasteiger partial charge is 0.497 e. The van der Waals surface area contributed by atoms with Crippen LogP contribution in [-0.4, -0.2) is 56.0 Å². The summed E-state index contributed by atoms with van der Waals surface area (Å²) < 4.78 is 8.10. The predicted molar refractivity (Wildman–Crippen MR) is 116 cm³/mol. The Bertz CT molecular complexity index is 989. The van der Waals surface area contributed by atoms with Gasteiger partial charge in [0.25, 0.3) is 0 Å². The monoisotopic (exact) mass is 449 g/mol. The Morgan fingerprint density at radius 3 is 2.76 bits per heavy atom. The van der Waals surface area contributed by atoms with Crippen molar-refractivity contribution in [1.29, 1.82) is 0 Å². The number of thioether (sulfide) groups is 2. The Kier molecular flexibility index (Phi) is 6.21. The molecular weight excluding hydrogens is 430 g/mol. The summed E-state index contributed by atoms with van der Waals surface area (Å²) in [5.41, 5.74) is 1.03. The minimum Gasteiger partial charge on any atom is -0.497 e. The zero-order valence-corrected chi connectivity index (χ0v) is 18.3. The Balaban J connectivity index is 1.36. The van der Waals surface area contributed by atoms with E-state index in [-0.39, 0.29) is 11.7 Å². The molecule has 4 rings (SSSR count). The zero-order chi connectivity index (χ0) is 20.2. The SMILES string of the molecule is CCSc1nnc(NC(=O)CSc2nnc3n2CCN3c2ccc(OC)cc2)s1. The van der Waals surface area contributed by atoms with Crippen LogP contribution in [0.5, 0.6) is 5.75 Å². The van der Waals surface area contributed by atoms with E-state index in [9.17, 15) is 4.79 Å². The van der Waals surface area contributed by atoms with E-state index >= 15 is 0 Å². The van der Waals surface area contributed by atoms with E-state index in [2.05, 4.69) is 30.6 Å². The van der Waals surface area contributed by atoms with Crippen molar-refractivity contribution in [1.82, 2.24) is 25.0 Å². The van der Waals surface area contributed by atoms with E-state index in [1.54, 1.807) is 18.9 Å². The van der Waals surface area contributed by atoms with Crippen molar-refractivity contribution < 1.29 is 9.53 Å². The highest BCUT2D eigenvalue weighted by molar-refractivity contribution is 8.01. The summed E-state index contributed by atoms with van der Waals surface area (Å²) in [5.74, 6) is 2.61. The number of carbonyl (C=O) groups excluding carboxylic acids is 1. The molecule has 0 fully saturated rings. The highest BCUT2D eigenvalue weighted by atomic mass is 32.2. The molecule has 0 saturated heterocycles. The van der Waals surface area contributed by atoms with Gasteiger partial charge in [-0.25, -0.2) is 0 Å². The number of fused-ring (bicyclic) bond motifs is 1. The van der Waals surface area contributed by atoms with Crippen molar-refractivity contribution in [3.05, 3.63) is 24.3 Å². The summed E-state index contributed by atoms with van der Waals surface area (Å²) >= 11 is 4.35. The average Bonchev–Trinajstić information content (AvgIpc) is 3.44. The van der Waals surface area contributed by atoms with Crippen LogP contribution in [0.2, 0.25) is 0 Å². The van der Waals surface area contributed by atoms with Gasteiger partial charge in [-0.15, -0.1) is 20.4 Å². The van der Waals surface area contributed by atoms with Gasteiger partial charge >= 0.3 is 0 Å². The number of hydrogen-bond acceptors (Lipinski definition) is 10. The maximum absolute atomic E-state index is 12.2. The standard InChI is InChI=1S/C17H19N7O2S3/c1-3-27-17-22-19-14(29-17)18-13(25)10-28-16-21-20-15-23(8-9-24(15)16)11-4-6-12(26-2)7-5-11/h4-7H,3,8-10H2,1-2H3,(H,18,19,25). The molecule has 1 aliphatic heterocycles. The van der Waals surface area contributed by atoms with E-state index in [0.717, 1.165) is 45.7 Å². The van der Waals surface area contributed by atoms with E-state index < -0.39 is 0 Å². The molecule has 0 bridgehead atoms. The Morgan fingerprint density at radius 2 is 2.00 bits per heavy atom. The first kappa shape index (κ1) is 20.0. The smallest absolute Gasteiger partial charge is 0.236 e. The number of ether oxygens (including phenoxy) is 1. The maximum atomic E-state index is 12.2.